The average Bonchev–Trinajstić information content (AvgIpc) is 3.58. The number of anilines is 2. The second-order valence-corrected chi connectivity index (χ2v) is 13.3. The second-order valence-electron chi connectivity index (χ2n) is 13.3. The molecule has 0 bridgehead atoms. The topological polar surface area (TPSA) is 96.3 Å². The van der Waals surface area contributed by atoms with E-state index in [2.05, 4.69) is 52.1 Å². The molecule has 0 radical (unpaired) electrons. The van der Waals surface area contributed by atoms with E-state index in [-0.39, 0.29) is 23.6 Å². The van der Waals surface area contributed by atoms with Crippen LogP contribution in [-0.2, 0) is 13.0 Å². The van der Waals surface area contributed by atoms with E-state index >= 15 is 0 Å². The van der Waals surface area contributed by atoms with Gasteiger partial charge < -0.3 is 20.1 Å². The van der Waals surface area contributed by atoms with Crippen LogP contribution in [-0.4, -0.2) is 40.2 Å². The Kier molecular flexibility index (Phi) is 9.98. The van der Waals surface area contributed by atoms with Gasteiger partial charge in [-0.1, -0.05) is 48.5 Å². The Hall–Kier alpha value is -6.02. The van der Waals surface area contributed by atoms with E-state index in [4.69, 9.17) is 4.98 Å². The molecule has 1 aliphatic carbocycles. The Morgan fingerprint density at radius 1 is 0.846 bits per heavy atom. The van der Waals surface area contributed by atoms with Crippen LogP contribution in [0.15, 0.2) is 116 Å². The standard InChI is InChI=1S/C44H43N5O3/c1-4-48(5-2)34-19-20-40(38(27-34)41-26-33(21-23-45-41)44(52)46-39-17-9-13-31-12-6-7-15-36(31)39)47-43(51)32-14-8-11-30(25-32)28-49-24-22-37-35(29(3)50)16-10-18-42(37)49/h6-8,10-12,14-16,18-27,39H,4-5,9,13,17,28H2,1-3H3,(H,46,52)(H,47,51). The molecule has 0 aliphatic heterocycles. The number of rotatable bonds is 11. The minimum absolute atomic E-state index is 0.0299. The number of hydrogen-bond donors (Lipinski definition) is 2. The summed E-state index contributed by atoms with van der Waals surface area (Å²) in [5, 5.41) is 7.33. The summed E-state index contributed by atoms with van der Waals surface area (Å²) in [7, 11) is 0. The van der Waals surface area contributed by atoms with Crippen molar-refractivity contribution in [2.75, 3.05) is 23.3 Å². The van der Waals surface area contributed by atoms with Crippen LogP contribution in [0.25, 0.3) is 22.2 Å². The number of pyridine rings is 1. The predicted molar refractivity (Wildman–Crippen MR) is 208 cm³/mol. The molecule has 8 heteroatoms. The zero-order chi connectivity index (χ0) is 36.2. The summed E-state index contributed by atoms with van der Waals surface area (Å²) in [6, 6.07) is 33.1. The van der Waals surface area contributed by atoms with Crippen LogP contribution >= 0.6 is 0 Å². The van der Waals surface area contributed by atoms with Crippen molar-refractivity contribution in [3.8, 4) is 11.3 Å². The van der Waals surface area contributed by atoms with Crippen molar-refractivity contribution in [1.29, 1.82) is 0 Å². The monoisotopic (exact) mass is 689 g/mol. The van der Waals surface area contributed by atoms with Gasteiger partial charge >= 0.3 is 0 Å². The van der Waals surface area contributed by atoms with Gasteiger partial charge in [0.2, 0.25) is 0 Å². The lowest BCUT2D eigenvalue weighted by Gasteiger charge is -2.26. The van der Waals surface area contributed by atoms with Crippen LogP contribution in [0.4, 0.5) is 11.4 Å². The van der Waals surface area contributed by atoms with Crippen LogP contribution in [0.3, 0.4) is 0 Å². The van der Waals surface area contributed by atoms with Gasteiger partial charge in [-0.2, -0.15) is 0 Å². The number of carbonyl (C=O) groups excluding carboxylic acids is 3. The smallest absolute Gasteiger partial charge is 0.255 e. The number of ketones is 1. The lowest BCUT2D eigenvalue weighted by Crippen LogP contribution is -2.31. The van der Waals surface area contributed by atoms with E-state index in [0.29, 0.717) is 34.6 Å². The first kappa shape index (κ1) is 34.4. The minimum Gasteiger partial charge on any atom is -0.372 e. The number of hydrogen-bond acceptors (Lipinski definition) is 5. The first-order chi connectivity index (χ1) is 25.3. The fourth-order valence-electron chi connectivity index (χ4n) is 7.37. The van der Waals surface area contributed by atoms with Crippen molar-refractivity contribution in [2.45, 2.75) is 52.6 Å². The van der Waals surface area contributed by atoms with Crippen LogP contribution < -0.4 is 15.5 Å². The second kappa shape index (κ2) is 15.1. The molecule has 2 aromatic heterocycles. The number of nitrogens with one attached hydrogen (secondary N) is 2. The first-order valence-corrected chi connectivity index (χ1v) is 18.1. The Morgan fingerprint density at radius 3 is 2.48 bits per heavy atom. The zero-order valence-corrected chi connectivity index (χ0v) is 29.9. The molecule has 52 heavy (non-hydrogen) atoms. The summed E-state index contributed by atoms with van der Waals surface area (Å²) in [6.07, 6.45) is 6.58. The number of fused-ring (bicyclic) bond motifs is 2. The highest BCUT2D eigenvalue weighted by molar-refractivity contribution is 6.07. The molecule has 262 valence electrons. The number of amides is 2. The van der Waals surface area contributed by atoms with Gasteiger partial charge in [0.15, 0.2) is 5.78 Å². The Labute approximate surface area is 304 Å². The van der Waals surface area contributed by atoms with E-state index in [0.717, 1.165) is 60.1 Å². The van der Waals surface area contributed by atoms with Gasteiger partial charge in [0.05, 0.1) is 17.4 Å². The maximum atomic E-state index is 13.9. The molecule has 0 fully saturated rings. The summed E-state index contributed by atoms with van der Waals surface area (Å²) in [5.74, 6) is -0.372. The summed E-state index contributed by atoms with van der Waals surface area (Å²) >= 11 is 0. The van der Waals surface area contributed by atoms with E-state index in [1.807, 2.05) is 72.9 Å². The third kappa shape index (κ3) is 7.10. The Bertz CT molecular complexity index is 2290. The van der Waals surface area contributed by atoms with Gasteiger partial charge in [-0.3, -0.25) is 19.4 Å². The highest BCUT2D eigenvalue weighted by Crippen LogP contribution is 2.33. The number of aromatic nitrogens is 2. The first-order valence-electron chi connectivity index (χ1n) is 18.1. The van der Waals surface area contributed by atoms with E-state index in [9.17, 15) is 14.4 Å². The summed E-state index contributed by atoms with van der Waals surface area (Å²) in [5.41, 5.74) is 9.05. The highest BCUT2D eigenvalue weighted by Gasteiger charge is 2.23. The molecule has 2 amide bonds. The van der Waals surface area contributed by atoms with Crippen molar-refractivity contribution >= 4 is 39.9 Å². The SMILES string of the molecule is CCN(CC)c1ccc(NC(=O)c2cccc(Cn3ccc4c(C(C)=O)cccc43)c2)c(-c2cc(C(=O)NC3CCCc4ccccc43)ccn2)c1. The molecule has 4 aromatic carbocycles. The molecular formula is C44H43N5O3. The number of carbonyl (C=O) groups is 3. The van der Waals surface area contributed by atoms with Gasteiger partial charge in [-0.15, -0.1) is 0 Å². The molecule has 1 atom stereocenters. The summed E-state index contributed by atoms with van der Waals surface area (Å²) in [4.78, 5) is 46.6. The van der Waals surface area contributed by atoms with Crippen LogP contribution in [0.1, 0.15) is 87.4 Å². The molecule has 0 saturated heterocycles. The Morgan fingerprint density at radius 2 is 1.65 bits per heavy atom. The van der Waals surface area contributed by atoms with Gasteiger partial charge in [-0.05, 0) is 111 Å². The zero-order valence-electron chi connectivity index (χ0n) is 29.9. The van der Waals surface area contributed by atoms with Crippen molar-refractivity contribution in [3.63, 3.8) is 0 Å². The molecule has 7 rings (SSSR count). The molecule has 0 saturated carbocycles. The maximum Gasteiger partial charge on any atom is 0.255 e. The van der Waals surface area contributed by atoms with Crippen molar-refractivity contribution in [1.82, 2.24) is 14.9 Å². The fourth-order valence-corrected chi connectivity index (χ4v) is 7.37. The quantitative estimate of drug-likeness (QED) is 0.133. The Balaban J connectivity index is 1.16. The van der Waals surface area contributed by atoms with Crippen LogP contribution in [0, 0.1) is 0 Å². The largest absolute Gasteiger partial charge is 0.372 e. The normalized spacial score (nSPS) is 13.7. The number of benzene rings is 4. The average molecular weight is 690 g/mol. The van der Waals surface area contributed by atoms with Gasteiger partial charge in [0, 0.05) is 70.9 Å². The number of aryl methyl sites for hydroxylation is 1. The molecular weight excluding hydrogens is 647 g/mol. The van der Waals surface area contributed by atoms with Crippen molar-refractivity contribution in [2.24, 2.45) is 0 Å². The van der Waals surface area contributed by atoms with E-state index in [1.165, 1.54) is 11.1 Å². The predicted octanol–water partition coefficient (Wildman–Crippen LogP) is 8.86. The third-order valence-corrected chi connectivity index (χ3v) is 10.1. The number of nitrogens with zero attached hydrogens (tertiary/aromatic N) is 3. The van der Waals surface area contributed by atoms with Crippen LogP contribution in [0.2, 0.25) is 0 Å². The highest BCUT2D eigenvalue weighted by atomic mass is 16.2. The summed E-state index contributed by atoms with van der Waals surface area (Å²) in [6.45, 7) is 7.98. The van der Waals surface area contributed by atoms with Gasteiger partial charge in [0.1, 0.15) is 0 Å². The van der Waals surface area contributed by atoms with Crippen molar-refractivity contribution in [3.05, 3.63) is 149 Å². The molecule has 1 unspecified atom stereocenters. The molecule has 2 heterocycles. The van der Waals surface area contributed by atoms with Crippen molar-refractivity contribution < 1.29 is 14.4 Å². The molecule has 1 aliphatic rings. The van der Waals surface area contributed by atoms with Gasteiger partial charge in [-0.25, -0.2) is 0 Å². The number of Topliss-reactive ketones (excluding diaryl/α,β-unsaturated/α-hetero) is 1. The summed E-state index contributed by atoms with van der Waals surface area (Å²) < 4.78 is 2.09. The fraction of sp³-hybridized carbons (Fsp3) is 0.227. The lowest BCUT2D eigenvalue weighted by molar-refractivity contribution is 0.0931. The molecule has 0 spiro atoms. The van der Waals surface area contributed by atoms with Crippen LogP contribution in [0.5, 0.6) is 0 Å². The van der Waals surface area contributed by atoms with Gasteiger partial charge in [0.25, 0.3) is 11.8 Å². The molecule has 2 N–H and O–H groups in total. The lowest BCUT2D eigenvalue weighted by atomic mass is 9.87. The molecule has 6 aromatic rings. The minimum atomic E-state index is -0.250. The van der Waals surface area contributed by atoms with E-state index < -0.39 is 0 Å². The van der Waals surface area contributed by atoms with E-state index in [1.54, 1.807) is 31.3 Å². The molecule has 8 nitrogen and oxygen atoms in total. The maximum absolute atomic E-state index is 13.9. The third-order valence-electron chi connectivity index (χ3n) is 10.1.